The van der Waals surface area contributed by atoms with Gasteiger partial charge in [0.1, 0.15) is 5.82 Å². The van der Waals surface area contributed by atoms with E-state index in [2.05, 4.69) is 29.6 Å². The molecule has 0 amide bonds. The van der Waals surface area contributed by atoms with E-state index in [1.54, 1.807) is 12.1 Å². The molecule has 3 aromatic carbocycles. The van der Waals surface area contributed by atoms with Gasteiger partial charge in [0.15, 0.2) is 0 Å². The smallest absolute Gasteiger partial charge is 0.129 e. The van der Waals surface area contributed by atoms with Crippen molar-refractivity contribution in [2.24, 2.45) is 0 Å². The monoisotopic (exact) mass is 299 g/mol. The summed E-state index contributed by atoms with van der Waals surface area (Å²) in [5, 5.41) is 5.90. The van der Waals surface area contributed by atoms with Gasteiger partial charge in [-0.25, -0.2) is 4.39 Å². The summed E-state index contributed by atoms with van der Waals surface area (Å²) in [6.07, 6.45) is 0. The average molecular weight is 300 g/mol. The number of rotatable bonds is 3. The van der Waals surface area contributed by atoms with Crippen LogP contribution in [0.2, 0.25) is 5.02 Å². The molecule has 21 heavy (non-hydrogen) atoms. The van der Waals surface area contributed by atoms with Gasteiger partial charge < -0.3 is 5.32 Å². The van der Waals surface area contributed by atoms with Crippen LogP contribution in [0.1, 0.15) is 17.2 Å². The molecule has 3 aromatic rings. The summed E-state index contributed by atoms with van der Waals surface area (Å²) < 4.78 is 14.2. The van der Waals surface area contributed by atoms with Gasteiger partial charge in [0.2, 0.25) is 0 Å². The molecule has 0 spiro atoms. The van der Waals surface area contributed by atoms with Gasteiger partial charge in [-0.05, 0) is 41.6 Å². The first kappa shape index (κ1) is 14.1. The molecule has 0 fully saturated rings. The van der Waals surface area contributed by atoms with E-state index in [1.165, 1.54) is 11.5 Å². The van der Waals surface area contributed by atoms with Gasteiger partial charge in [-0.1, -0.05) is 54.1 Å². The van der Waals surface area contributed by atoms with Crippen molar-refractivity contribution in [2.45, 2.75) is 6.04 Å². The first-order valence-corrected chi connectivity index (χ1v) is 7.18. The first-order valence-electron chi connectivity index (χ1n) is 6.80. The zero-order chi connectivity index (χ0) is 14.8. The Hall–Kier alpha value is -1.90. The zero-order valence-electron chi connectivity index (χ0n) is 11.6. The summed E-state index contributed by atoms with van der Waals surface area (Å²) in [6, 6.07) is 18.9. The van der Waals surface area contributed by atoms with Gasteiger partial charge >= 0.3 is 0 Å². The van der Waals surface area contributed by atoms with Crippen molar-refractivity contribution >= 4 is 22.4 Å². The molecule has 0 radical (unpaired) electrons. The number of halogens is 2. The van der Waals surface area contributed by atoms with Crippen LogP contribution in [-0.4, -0.2) is 7.05 Å². The minimum atomic E-state index is -0.296. The van der Waals surface area contributed by atoms with E-state index in [9.17, 15) is 4.39 Å². The minimum Gasteiger partial charge on any atom is -0.309 e. The van der Waals surface area contributed by atoms with Crippen molar-refractivity contribution in [1.29, 1.82) is 0 Å². The molecule has 3 rings (SSSR count). The fourth-order valence-corrected chi connectivity index (χ4v) is 2.78. The Morgan fingerprint density at radius 3 is 2.43 bits per heavy atom. The van der Waals surface area contributed by atoms with Crippen LogP contribution in [0.25, 0.3) is 10.8 Å². The van der Waals surface area contributed by atoms with Crippen LogP contribution >= 0.6 is 11.6 Å². The summed E-state index contributed by atoms with van der Waals surface area (Å²) in [5.74, 6) is -0.296. The highest BCUT2D eigenvalue weighted by molar-refractivity contribution is 6.30. The lowest BCUT2D eigenvalue weighted by Crippen LogP contribution is -2.18. The SMILES string of the molecule is CNC(c1ccc2ccccc2c1)c1ccc(Cl)cc1F. The van der Waals surface area contributed by atoms with Gasteiger partial charge in [-0.3, -0.25) is 0 Å². The van der Waals surface area contributed by atoms with Gasteiger partial charge in [0.25, 0.3) is 0 Å². The molecule has 3 heteroatoms. The lowest BCUT2D eigenvalue weighted by Gasteiger charge is -2.18. The van der Waals surface area contributed by atoms with Crippen molar-refractivity contribution in [2.75, 3.05) is 7.05 Å². The maximum absolute atomic E-state index is 14.2. The van der Waals surface area contributed by atoms with Gasteiger partial charge in [0.05, 0.1) is 6.04 Å². The van der Waals surface area contributed by atoms with E-state index in [1.807, 2.05) is 25.2 Å². The molecule has 1 unspecified atom stereocenters. The zero-order valence-corrected chi connectivity index (χ0v) is 12.4. The second-order valence-electron chi connectivity index (χ2n) is 4.99. The van der Waals surface area contributed by atoms with Crippen LogP contribution in [0.15, 0.2) is 60.7 Å². The summed E-state index contributed by atoms with van der Waals surface area (Å²) in [4.78, 5) is 0. The number of hydrogen-bond acceptors (Lipinski definition) is 1. The predicted molar refractivity (Wildman–Crippen MR) is 86.3 cm³/mol. The second kappa shape index (κ2) is 5.84. The Bertz CT molecular complexity index is 785. The highest BCUT2D eigenvalue weighted by Gasteiger charge is 2.16. The van der Waals surface area contributed by atoms with Crippen LogP contribution < -0.4 is 5.32 Å². The van der Waals surface area contributed by atoms with Crippen LogP contribution in [0.4, 0.5) is 4.39 Å². The van der Waals surface area contributed by atoms with E-state index >= 15 is 0 Å². The average Bonchev–Trinajstić information content (AvgIpc) is 2.50. The van der Waals surface area contributed by atoms with Crippen molar-refractivity contribution < 1.29 is 4.39 Å². The molecule has 0 aromatic heterocycles. The molecule has 0 aliphatic rings. The second-order valence-corrected chi connectivity index (χ2v) is 5.43. The van der Waals surface area contributed by atoms with Crippen LogP contribution in [0.5, 0.6) is 0 Å². The topological polar surface area (TPSA) is 12.0 Å². The number of fused-ring (bicyclic) bond motifs is 1. The van der Waals surface area contributed by atoms with Gasteiger partial charge in [0, 0.05) is 10.6 Å². The van der Waals surface area contributed by atoms with Gasteiger partial charge in [-0.2, -0.15) is 0 Å². The Morgan fingerprint density at radius 2 is 1.71 bits per heavy atom. The molecule has 0 saturated heterocycles. The lowest BCUT2D eigenvalue weighted by molar-refractivity contribution is 0.576. The third-order valence-electron chi connectivity index (χ3n) is 3.67. The maximum Gasteiger partial charge on any atom is 0.129 e. The number of hydrogen-bond donors (Lipinski definition) is 1. The Kier molecular flexibility index (Phi) is 3.91. The number of benzene rings is 3. The molecule has 0 heterocycles. The van der Waals surface area contributed by atoms with E-state index in [4.69, 9.17) is 11.6 Å². The standard InChI is InChI=1S/C18H15ClFN/c1-21-18(16-9-8-15(19)11-17(16)20)14-7-6-12-4-2-3-5-13(12)10-14/h2-11,18,21H,1H3. The summed E-state index contributed by atoms with van der Waals surface area (Å²) in [6.45, 7) is 0. The molecule has 1 N–H and O–H groups in total. The highest BCUT2D eigenvalue weighted by atomic mass is 35.5. The highest BCUT2D eigenvalue weighted by Crippen LogP contribution is 2.28. The third kappa shape index (κ3) is 2.78. The fraction of sp³-hybridized carbons (Fsp3) is 0.111. The molecule has 0 aliphatic heterocycles. The molecule has 1 atom stereocenters. The van der Waals surface area contributed by atoms with E-state index in [0.717, 1.165) is 10.9 Å². The number of nitrogens with one attached hydrogen (secondary N) is 1. The normalized spacial score (nSPS) is 12.5. The van der Waals surface area contributed by atoms with Crippen molar-refractivity contribution in [3.8, 4) is 0 Å². The van der Waals surface area contributed by atoms with E-state index in [0.29, 0.717) is 10.6 Å². The Labute approximate surface area is 128 Å². The lowest BCUT2D eigenvalue weighted by atomic mass is 9.96. The Morgan fingerprint density at radius 1 is 0.952 bits per heavy atom. The predicted octanol–water partition coefficient (Wildman–Crippen LogP) is 4.94. The Balaban J connectivity index is 2.09. The molecule has 0 aliphatic carbocycles. The molecule has 0 saturated carbocycles. The van der Waals surface area contributed by atoms with E-state index in [-0.39, 0.29) is 11.9 Å². The van der Waals surface area contributed by atoms with Gasteiger partial charge in [-0.15, -0.1) is 0 Å². The quantitative estimate of drug-likeness (QED) is 0.722. The van der Waals surface area contributed by atoms with Crippen molar-refractivity contribution in [3.63, 3.8) is 0 Å². The molecule has 1 nitrogen and oxygen atoms in total. The van der Waals surface area contributed by atoms with Crippen LogP contribution in [0, 0.1) is 5.82 Å². The summed E-state index contributed by atoms with van der Waals surface area (Å²) in [7, 11) is 1.83. The van der Waals surface area contributed by atoms with Crippen molar-refractivity contribution in [3.05, 3.63) is 82.6 Å². The summed E-state index contributed by atoms with van der Waals surface area (Å²) in [5.41, 5.74) is 1.62. The summed E-state index contributed by atoms with van der Waals surface area (Å²) >= 11 is 5.83. The minimum absolute atomic E-state index is 0.202. The largest absolute Gasteiger partial charge is 0.309 e. The van der Waals surface area contributed by atoms with E-state index < -0.39 is 0 Å². The third-order valence-corrected chi connectivity index (χ3v) is 3.90. The van der Waals surface area contributed by atoms with Crippen LogP contribution in [0.3, 0.4) is 0 Å². The fourth-order valence-electron chi connectivity index (χ4n) is 2.62. The molecule has 106 valence electrons. The van der Waals surface area contributed by atoms with Crippen LogP contribution in [-0.2, 0) is 0 Å². The molecule has 0 bridgehead atoms. The molecular formula is C18H15ClFN. The maximum atomic E-state index is 14.2. The molecular weight excluding hydrogens is 285 g/mol. The first-order chi connectivity index (χ1) is 10.2. The van der Waals surface area contributed by atoms with Crippen molar-refractivity contribution in [1.82, 2.24) is 5.32 Å².